The Hall–Kier alpha value is -0.730. The van der Waals surface area contributed by atoms with E-state index in [0.29, 0.717) is 0 Å². The molecule has 0 saturated carbocycles. The monoisotopic (exact) mass is 262 g/mol. The van der Waals surface area contributed by atoms with Crippen LogP contribution in [0.4, 0.5) is 0 Å². The SMILES string of the molecule is CC1=CC=CCC1(OC(C)(C)C)SC1=CCC=C1. The van der Waals surface area contributed by atoms with Crippen LogP contribution >= 0.6 is 11.8 Å². The van der Waals surface area contributed by atoms with Gasteiger partial charge in [-0.05, 0) is 39.7 Å². The van der Waals surface area contributed by atoms with Crippen LogP contribution in [0.2, 0.25) is 0 Å². The van der Waals surface area contributed by atoms with Gasteiger partial charge in [-0.15, -0.1) is 0 Å². The molecule has 2 heteroatoms. The van der Waals surface area contributed by atoms with Gasteiger partial charge >= 0.3 is 0 Å². The van der Waals surface area contributed by atoms with Crippen molar-refractivity contribution in [1.29, 1.82) is 0 Å². The summed E-state index contributed by atoms with van der Waals surface area (Å²) >= 11 is 1.84. The minimum atomic E-state index is -0.243. The number of hydrogen-bond acceptors (Lipinski definition) is 2. The van der Waals surface area contributed by atoms with Crippen molar-refractivity contribution in [3.63, 3.8) is 0 Å². The number of allylic oxidation sites excluding steroid dienone is 5. The van der Waals surface area contributed by atoms with E-state index >= 15 is 0 Å². The maximum absolute atomic E-state index is 6.41. The molecule has 0 amide bonds. The van der Waals surface area contributed by atoms with Crippen molar-refractivity contribution in [2.75, 3.05) is 0 Å². The molecule has 98 valence electrons. The number of ether oxygens (including phenoxy) is 1. The molecule has 0 heterocycles. The van der Waals surface area contributed by atoms with E-state index in [0.717, 1.165) is 12.8 Å². The van der Waals surface area contributed by atoms with Crippen LogP contribution in [0.15, 0.2) is 46.9 Å². The van der Waals surface area contributed by atoms with E-state index < -0.39 is 0 Å². The number of hydrogen-bond donors (Lipinski definition) is 0. The standard InChI is InChI=1S/C16H22OS/c1-13-9-7-8-12-16(13,17-15(2,3)4)18-14-10-5-6-11-14/h5,7-11H,6,12H2,1-4H3. The third kappa shape index (κ3) is 3.18. The van der Waals surface area contributed by atoms with Crippen molar-refractivity contribution in [3.05, 3.63) is 46.9 Å². The van der Waals surface area contributed by atoms with E-state index in [4.69, 9.17) is 4.74 Å². The van der Waals surface area contributed by atoms with Crippen LogP contribution in [0.3, 0.4) is 0 Å². The largest absolute Gasteiger partial charge is 0.354 e. The maximum atomic E-state index is 6.41. The summed E-state index contributed by atoms with van der Waals surface area (Å²) < 4.78 is 6.41. The quantitative estimate of drug-likeness (QED) is 0.663. The predicted molar refractivity (Wildman–Crippen MR) is 80.5 cm³/mol. The molecule has 0 aromatic rings. The molecule has 18 heavy (non-hydrogen) atoms. The highest BCUT2D eigenvalue weighted by Gasteiger charge is 2.38. The number of thioether (sulfide) groups is 1. The van der Waals surface area contributed by atoms with Crippen LogP contribution < -0.4 is 0 Å². The van der Waals surface area contributed by atoms with Gasteiger partial charge < -0.3 is 4.74 Å². The molecule has 2 aliphatic carbocycles. The molecule has 1 atom stereocenters. The van der Waals surface area contributed by atoms with E-state index in [1.807, 2.05) is 11.8 Å². The topological polar surface area (TPSA) is 9.23 Å². The first-order valence-electron chi connectivity index (χ1n) is 6.51. The lowest BCUT2D eigenvalue weighted by Crippen LogP contribution is -2.38. The second kappa shape index (κ2) is 5.10. The summed E-state index contributed by atoms with van der Waals surface area (Å²) in [6.07, 6.45) is 15.1. The van der Waals surface area contributed by atoms with Gasteiger partial charge in [-0.25, -0.2) is 0 Å². The zero-order valence-electron chi connectivity index (χ0n) is 11.7. The van der Waals surface area contributed by atoms with E-state index in [2.05, 4.69) is 64.2 Å². The van der Waals surface area contributed by atoms with Crippen LogP contribution in [-0.2, 0) is 4.74 Å². The normalized spacial score (nSPS) is 27.3. The fraction of sp³-hybridized carbons (Fsp3) is 0.500. The molecule has 0 fully saturated rings. The predicted octanol–water partition coefficient (Wildman–Crippen LogP) is 4.98. The van der Waals surface area contributed by atoms with Crippen molar-refractivity contribution >= 4 is 11.8 Å². The molecule has 0 saturated heterocycles. The number of rotatable bonds is 3. The van der Waals surface area contributed by atoms with Crippen molar-refractivity contribution in [3.8, 4) is 0 Å². The van der Waals surface area contributed by atoms with Gasteiger partial charge in [0.05, 0.1) is 5.60 Å². The third-order valence-electron chi connectivity index (χ3n) is 2.96. The first-order valence-corrected chi connectivity index (χ1v) is 7.33. The molecule has 0 radical (unpaired) electrons. The van der Waals surface area contributed by atoms with E-state index in [9.17, 15) is 0 Å². The Kier molecular flexibility index (Phi) is 3.88. The summed E-state index contributed by atoms with van der Waals surface area (Å²) in [5.74, 6) is 0. The molecule has 2 aliphatic rings. The van der Waals surface area contributed by atoms with Gasteiger partial charge in [0, 0.05) is 11.3 Å². The van der Waals surface area contributed by atoms with Crippen molar-refractivity contribution in [1.82, 2.24) is 0 Å². The molecule has 0 spiro atoms. The molecule has 0 aromatic heterocycles. The van der Waals surface area contributed by atoms with Gasteiger partial charge in [0.25, 0.3) is 0 Å². The van der Waals surface area contributed by atoms with E-state index in [1.165, 1.54) is 10.5 Å². The van der Waals surface area contributed by atoms with Crippen LogP contribution in [0.1, 0.15) is 40.5 Å². The second-order valence-corrected chi connectivity index (χ2v) is 7.13. The minimum absolute atomic E-state index is 0.143. The molecule has 0 N–H and O–H groups in total. The molecule has 0 aromatic carbocycles. The first kappa shape index (κ1) is 13.7. The zero-order valence-corrected chi connectivity index (χ0v) is 12.5. The average Bonchev–Trinajstić information content (AvgIpc) is 2.73. The lowest BCUT2D eigenvalue weighted by molar-refractivity contribution is -0.0606. The summed E-state index contributed by atoms with van der Waals surface area (Å²) in [6, 6.07) is 0. The minimum Gasteiger partial charge on any atom is -0.354 e. The fourth-order valence-corrected chi connectivity index (χ4v) is 3.61. The summed E-state index contributed by atoms with van der Waals surface area (Å²) in [5, 5.41) is 0. The summed E-state index contributed by atoms with van der Waals surface area (Å²) in [6.45, 7) is 8.54. The highest BCUT2D eigenvalue weighted by molar-refractivity contribution is 8.04. The van der Waals surface area contributed by atoms with Crippen LogP contribution in [0.5, 0.6) is 0 Å². The van der Waals surface area contributed by atoms with E-state index in [-0.39, 0.29) is 10.5 Å². The van der Waals surface area contributed by atoms with E-state index in [1.54, 1.807) is 0 Å². The Morgan fingerprint density at radius 2 is 2.06 bits per heavy atom. The zero-order chi connectivity index (χ0) is 13.2. The third-order valence-corrected chi connectivity index (χ3v) is 4.40. The van der Waals surface area contributed by atoms with Crippen LogP contribution in [0.25, 0.3) is 0 Å². The van der Waals surface area contributed by atoms with Crippen molar-refractivity contribution in [2.45, 2.75) is 51.1 Å². The second-order valence-electron chi connectivity index (χ2n) is 5.80. The van der Waals surface area contributed by atoms with Gasteiger partial charge in [-0.1, -0.05) is 48.2 Å². The molecule has 1 unspecified atom stereocenters. The van der Waals surface area contributed by atoms with Gasteiger partial charge in [0.2, 0.25) is 0 Å². The molecular formula is C16H22OS. The van der Waals surface area contributed by atoms with Crippen molar-refractivity contribution < 1.29 is 4.74 Å². The first-order chi connectivity index (χ1) is 8.41. The average molecular weight is 262 g/mol. The van der Waals surface area contributed by atoms with Gasteiger partial charge in [-0.2, -0.15) is 0 Å². The van der Waals surface area contributed by atoms with Crippen LogP contribution in [0, 0.1) is 0 Å². The molecule has 1 nitrogen and oxygen atoms in total. The van der Waals surface area contributed by atoms with Gasteiger partial charge in [-0.3, -0.25) is 0 Å². The lowest BCUT2D eigenvalue weighted by atomic mass is 10.0. The summed E-state index contributed by atoms with van der Waals surface area (Å²) in [4.78, 5) is 1.08. The Morgan fingerprint density at radius 1 is 1.28 bits per heavy atom. The Balaban J connectivity index is 2.25. The lowest BCUT2D eigenvalue weighted by Gasteiger charge is -2.40. The molecule has 0 aliphatic heterocycles. The Labute approximate surface area is 115 Å². The maximum Gasteiger partial charge on any atom is 0.143 e. The summed E-state index contributed by atoms with van der Waals surface area (Å²) in [5.41, 5.74) is 1.15. The summed E-state index contributed by atoms with van der Waals surface area (Å²) in [7, 11) is 0. The highest BCUT2D eigenvalue weighted by atomic mass is 32.2. The smallest absolute Gasteiger partial charge is 0.143 e. The molecule has 0 bridgehead atoms. The molecule has 2 rings (SSSR count). The Bertz CT molecular complexity index is 435. The highest BCUT2D eigenvalue weighted by Crippen LogP contribution is 2.47. The Morgan fingerprint density at radius 3 is 2.61 bits per heavy atom. The van der Waals surface area contributed by atoms with Gasteiger partial charge in [0.1, 0.15) is 4.93 Å². The van der Waals surface area contributed by atoms with Crippen molar-refractivity contribution in [2.24, 2.45) is 0 Å². The molecular weight excluding hydrogens is 240 g/mol. The van der Waals surface area contributed by atoms with Gasteiger partial charge in [0.15, 0.2) is 0 Å². The fourth-order valence-electron chi connectivity index (χ4n) is 2.19. The van der Waals surface area contributed by atoms with Crippen LogP contribution in [-0.4, -0.2) is 10.5 Å².